The zero-order valence-corrected chi connectivity index (χ0v) is 12.0. The molecular formula is C15H14N2O3S. The fraction of sp³-hybridized carbons (Fsp3) is 0.267. The molecule has 0 saturated carbocycles. The van der Waals surface area contributed by atoms with Gasteiger partial charge in [-0.05, 0) is 6.42 Å². The van der Waals surface area contributed by atoms with Gasteiger partial charge in [-0.15, -0.1) is 11.3 Å². The second-order valence-corrected chi connectivity index (χ2v) is 6.00. The number of aliphatic carboxylic acids is 1. The highest BCUT2D eigenvalue weighted by molar-refractivity contribution is 7.16. The summed E-state index contributed by atoms with van der Waals surface area (Å²) in [4.78, 5) is 29.8. The molecular weight excluding hydrogens is 288 g/mol. The summed E-state index contributed by atoms with van der Waals surface area (Å²) in [6, 6.07) is 9.68. The van der Waals surface area contributed by atoms with E-state index in [1.54, 1.807) is 11.1 Å². The van der Waals surface area contributed by atoms with Gasteiger partial charge in [-0.1, -0.05) is 30.3 Å². The van der Waals surface area contributed by atoms with Crippen LogP contribution in [0, 0.1) is 5.92 Å². The van der Waals surface area contributed by atoms with E-state index < -0.39 is 11.9 Å². The molecule has 1 fully saturated rings. The number of hydrogen-bond acceptors (Lipinski definition) is 4. The number of likely N-dealkylation sites (tertiary alicyclic amines) is 1. The Balaban J connectivity index is 1.75. The van der Waals surface area contributed by atoms with E-state index in [2.05, 4.69) is 4.98 Å². The third kappa shape index (κ3) is 2.80. The highest BCUT2D eigenvalue weighted by Crippen LogP contribution is 2.27. The Morgan fingerprint density at radius 2 is 2.05 bits per heavy atom. The van der Waals surface area contributed by atoms with Gasteiger partial charge in [0.25, 0.3) is 5.91 Å². The minimum Gasteiger partial charge on any atom is -0.481 e. The van der Waals surface area contributed by atoms with Crippen molar-refractivity contribution in [2.45, 2.75) is 6.42 Å². The van der Waals surface area contributed by atoms with Crippen LogP contribution >= 0.6 is 11.3 Å². The van der Waals surface area contributed by atoms with Gasteiger partial charge in [0.15, 0.2) is 0 Å². The number of thiazole rings is 1. The van der Waals surface area contributed by atoms with Crippen LogP contribution in [0.3, 0.4) is 0 Å². The van der Waals surface area contributed by atoms with Gasteiger partial charge in [0, 0.05) is 18.7 Å². The molecule has 1 aliphatic heterocycles. The summed E-state index contributed by atoms with van der Waals surface area (Å²) in [5, 5.41) is 9.79. The van der Waals surface area contributed by atoms with Gasteiger partial charge in [-0.3, -0.25) is 9.59 Å². The van der Waals surface area contributed by atoms with Crippen molar-refractivity contribution in [2.75, 3.05) is 13.1 Å². The highest BCUT2D eigenvalue weighted by Gasteiger charge is 2.32. The van der Waals surface area contributed by atoms with Gasteiger partial charge >= 0.3 is 5.97 Å². The maximum absolute atomic E-state index is 12.4. The predicted octanol–water partition coefficient (Wildman–Crippen LogP) is 2.36. The molecule has 21 heavy (non-hydrogen) atoms. The average Bonchev–Trinajstić information content (AvgIpc) is 3.17. The number of carboxylic acid groups (broad SMARTS) is 1. The topological polar surface area (TPSA) is 70.5 Å². The van der Waals surface area contributed by atoms with Gasteiger partial charge in [0.2, 0.25) is 0 Å². The normalized spacial score (nSPS) is 17.9. The number of carbonyl (C=O) groups excluding carboxylic acids is 1. The Labute approximate surface area is 125 Å². The summed E-state index contributed by atoms with van der Waals surface area (Å²) in [5.41, 5.74) is 0.978. The van der Waals surface area contributed by atoms with Gasteiger partial charge in [-0.25, -0.2) is 4.98 Å². The summed E-state index contributed by atoms with van der Waals surface area (Å²) >= 11 is 1.34. The molecule has 1 aromatic heterocycles. The largest absolute Gasteiger partial charge is 0.481 e. The first kappa shape index (κ1) is 13.8. The molecule has 6 heteroatoms. The third-order valence-electron chi connectivity index (χ3n) is 3.56. The molecule has 0 bridgehead atoms. The van der Waals surface area contributed by atoms with E-state index in [1.165, 1.54) is 11.3 Å². The maximum Gasteiger partial charge on any atom is 0.308 e. The lowest BCUT2D eigenvalue weighted by atomic mass is 10.1. The average molecular weight is 302 g/mol. The molecule has 1 N–H and O–H groups in total. The first-order chi connectivity index (χ1) is 10.1. The van der Waals surface area contributed by atoms with E-state index >= 15 is 0 Å². The molecule has 0 unspecified atom stereocenters. The van der Waals surface area contributed by atoms with Crippen molar-refractivity contribution < 1.29 is 14.7 Å². The SMILES string of the molecule is O=C(O)[C@@H]1CCN(C(=O)c2cnc(-c3ccccc3)s2)C1. The van der Waals surface area contributed by atoms with Crippen LogP contribution in [0.15, 0.2) is 36.5 Å². The molecule has 0 aliphatic carbocycles. The number of aromatic nitrogens is 1. The second kappa shape index (κ2) is 5.65. The summed E-state index contributed by atoms with van der Waals surface area (Å²) < 4.78 is 0. The van der Waals surface area contributed by atoms with E-state index in [0.717, 1.165) is 10.6 Å². The smallest absolute Gasteiger partial charge is 0.308 e. The molecule has 5 nitrogen and oxygen atoms in total. The highest BCUT2D eigenvalue weighted by atomic mass is 32.1. The van der Waals surface area contributed by atoms with Crippen LogP contribution in [0.5, 0.6) is 0 Å². The number of benzene rings is 1. The predicted molar refractivity (Wildman–Crippen MR) is 79.2 cm³/mol. The molecule has 2 aromatic rings. The summed E-state index contributed by atoms with van der Waals surface area (Å²) in [5.74, 6) is -1.41. The lowest BCUT2D eigenvalue weighted by Crippen LogP contribution is -2.29. The van der Waals surface area contributed by atoms with Crippen LogP contribution in [-0.4, -0.2) is 40.0 Å². The standard InChI is InChI=1S/C15H14N2O3S/c18-14(17-7-6-11(9-17)15(19)20)12-8-16-13(21-12)10-4-2-1-3-5-10/h1-5,8,11H,6-7,9H2,(H,19,20)/t11-/m1/s1. The van der Waals surface area contributed by atoms with Gasteiger partial charge < -0.3 is 10.0 Å². The fourth-order valence-electron chi connectivity index (χ4n) is 2.39. The van der Waals surface area contributed by atoms with E-state index in [9.17, 15) is 9.59 Å². The van der Waals surface area contributed by atoms with Crippen molar-refractivity contribution in [2.24, 2.45) is 5.92 Å². The van der Waals surface area contributed by atoms with Crippen molar-refractivity contribution in [1.82, 2.24) is 9.88 Å². The molecule has 1 aromatic carbocycles. The van der Waals surface area contributed by atoms with Crippen LogP contribution in [-0.2, 0) is 4.79 Å². The number of carbonyl (C=O) groups is 2. The lowest BCUT2D eigenvalue weighted by molar-refractivity contribution is -0.141. The van der Waals surface area contributed by atoms with Gasteiger partial charge in [0.05, 0.1) is 12.1 Å². The van der Waals surface area contributed by atoms with Crippen molar-refractivity contribution >= 4 is 23.2 Å². The molecule has 0 radical (unpaired) electrons. The van der Waals surface area contributed by atoms with Crippen molar-refractivity contribution in [1.29, 1.82) is 0 Å². The maximum atomic E-state index is 12.4. The van der Waals surface area contributed by atoms with E-state index in [1.807, 2.05) is 30.3 Å². The molecule has 1 amide bonds. The number of nitrogens with zero attached hydrogens (tertiary/aromatic N) is 2. The summed E-state index contributed by atoms with van der Waals surface area (Å²) in [6.07, 6.45) is 2.09. The number of amides is 1. The number of rotatable bonds is 3. The minimum absolute atomic E-state index is 0.126. The third-order valence-corrected chi connectivity index (χ3v) is 4.60. The summed E-state index contributed by atoms with van der Waals surface area (Å²) in [7, 11) is 0. The van der Waals surface area contributed by atoms with Crippen molar-refractivity contribution in [3.05, 3.63) is 41.4 Å². The lowest BCUT2D eigenvalue weighted by Gasteiger charge is -2.13. The molecule has 3 rings (SSSR count). The zero-order valence-electron chi connectivity index (χ0n) is 11.2. The van der Waals surface area contributed by atoms with Crippen molar-refractivity contribution in [3.63, 3.8) is 0 Å². The first-order valence-electron chi connectivity index (χ1n) is 6.68. The van der Waals surface area contributed by atoms with Gasteiger partial charge in [-0.2, -0.15) is 0 Å². The summed E-state index contributed by atoms with van der Waals surface area (Å²) in [6.45, 7) is 0.779. The van der Waals surface area contributed by atoms with Crippen LogP contribution in [0.2, 0.25) is 0 Å². The van der Waals surface area contributed by atoms with E-state index in [4.69, 9.17) is 5.11 Å². The molecule has 108 valence electrons. The molecule has 0 spiro atoms. The Kier molecular flexibility index (Phi) is 3.70. The molecule has 2 heterocycles. The molecule has 1 aliphatic rings. The fourth-order valence-corrected chi connectivity index (χ4v) is 3.28. The van der Waals surface area contributed by atoms with Crippen LogP contribution < -0.4 is 0 Å². The van der Waals surface area contributed by atoms with Gasteiger partial charge in [0.1, 0.15) is 9.88 Å². The molecule has 1 atom stereocenters. The Hall–Kier alpha value is -2.21. The molecule has 1 saturated heterocycles. The van der Waals surface area contributed by atoms with Crippen molar-refractivity contribution in [3.8, 4) is 10.6 Å². The van der Waals surface area contributed by atoms with E-state index in [-0.39, 0.29) is 12.5 Å². The van der Waals surface area contributed by atoms with Crippen LogP contribution in [0.25, 0.3) is 10.6 Å². The quantitative estimate of drug-likeness (QED) is 0.945. The zero-order chi connectivity index (χ0) is 14.8. The van der Waals surface area contributed by atoms with Crippen LogP contribution in [0.1, 0.15) is 16.1 Å². The first-order valence-corrected chi connectivity index (χ1v) is 7.50. The van der Waals surface area contributed by atoms with Crippen LogP contribution in [0.4, 0.5) is 0 Å². The minimum atomic E-state index is -0.834. The number of carboxylic acids is 1. The Bertz CT molecular complexity index is 669. The Morgan fingerprint density at radius 3 is 2.71 bits per heavy atom. The number of hydrogen-bond donors (Lipinski definition) is 1. The van der Waals surface area contributed by atoms with E-state index in [0.29, 0.717) is 17.8 Å². The monoisotopic (exact) mass is 302 g/mol. The second-order valence-electron chi connectivity index (χ2n) is 4.97. The Morgan fingerprint density at radius 1 is 1.29 bits per heavy atom.